The molecule has 1 heterocycles. The minimum Gasteiger partial charge on any atom is -0.478 e. The summed E-state index contributed by atoms with van der Waals surface area (Å²) < 4.78 is 0. The molecule has 0 amide bonds. The molecule has 0 aliphatic rings. The number of hydrogen-bond donors (Lipinski definition) is 2. The van der Waals surface area contributed by atoms with Crippen LogP contribution in [0.25, 0.3) is 0 Å². The van der Waals surface area contributed by atoms with Gasteiger partial charge in [0.15, 0.2) is 0 Å². The number of carboxylic acids is 1. The number of aromatic nitrogens is 1. The zero-order valence-electron chi connectivity index (χ0n) is 9.53. The van der Waals surface area contributed by atoms with Crippen LogP contribution in [0.5, 0.6) is 0 Å². The van der Waals surface area contributed by atoms with Gasteiger partial charge in [0.1, 0.15) is 0 Å². The lowest BCUT2D eigenvalue weighted by molar-refractivity contribution is -0.132. The Bertz CT molecular complexity index is 400. The molecule has 1 rings (SSSR count). The second kappa shape index (κ2) is 6.02. The zero-order valence-corrected chi connectivity index (χ0v) is 9.53. The predicted molar refractivity (Wildman–Crippen MR) is 62.1 cm³/mol. The molecule has 0 bridgehead atoms. The summed E-state index contributed by atoms with van der Waals surface area (Å²) in [4.78, 5) is 14.5. The first-order chi connectivity index (χ1) is 7.61. The number of aryl methyl sites for hydroxylation is 1. The molecule has 16 heavy (non-hydrogen) atoms. The first-order valence-electron chi connectivity index (χ1n) is 5.11. The van der Waals surface area contributed by atoms with Gasteiger partial charge in [-0.25, -0.2) is 4.79 Å². The highest BCUT2D eigenvalue weighted by Crippen LogP contribution is 2.03. The Kier molecular flexibility index (Phi) is 4.66. The van der Waals surface area contributed by atoms with Crippen molar-refractivity contribution in [1.82, 2.24) is 10.3 Å². The van der Waals surface area contributed by atoms with Gasteiger partial charge in [0, 0.05) is 31.1 Å². The fraction of sp³-hybridized carbons (Fsp3) is 0.333. The smallest absolute Gasteiger partial charge is 0.330 e. The van der Waals surface area contributed by atoms with Gasteiger partial charge in [-0.2, -0.15) is 0 Å². The van der Waals surface area contributed by atoms with E-state index in [-0.39, 0.29) is 0 Å². The average molecular weight is 220 g/mol. The fourth-order valence-electron chi connectivity index (χ4n) is 1.20. The largest absolute Gasteiger partial charge is 0.478 e. The van der Waals surface area contributed by atoms with Gasteiger partial charge in [-0.05, 0) is 31.0 Å². The number of nitrogens with one attached hydrogen (secondary N) is 1. The normalized spacial score (nSPS) is 11.5. The van der Waals surface area contributed by atoms with Crippen LogP contribution in [-0.4, -0.2) is 22.6 Å². The summed E-state index contributed by atoms with van der Waals surface area (Å²) in [5, 5.41) is 11.8. The molecule has 1 aromatic heterocycles. The van der Waals surface area contributed by atoms with Crippen molar-refractivity contribution in [2.24, 2.45) is 0 Å². The van der Waals surface area contributed by atoms with E-state index in [2.05, 4.69) is 10.3 Å². The Hall–Kier alpha value is -1.68. The highest BCUT2D eigenvalue weighted by atomic mass is 16.4. The molecule has 0 saturated heterocycles. The Morgan fingerprint density at radius 1 is 1.62 bits per heavy atom. The molecule has 1 aromatic rings. The molecule has 0 saturated carbocycles. The van der Waals surface area contributed by atoms with Crippen LogP contribution in [0, 0.1) is 6.92 Å². The monoisotopic (exact) mass is 220 g/mol. The van der Waals surface area contributed by atoms with Crippen LogP contribution in [0.1, 0.15) is 18.1 Å². The molecule has 0 aliphatic heterocycles. The molecule has 0 atom stereocenters. The lowest BCUT2D eigenvalue weighted by atomic mass is 10.1. The number of hydrogen-bond acceptors (Lipinski definition) is 3. The van der Waals surface area contributed by atoms with Crippen LogP contribution >= 0.6 is 0 Å². The second-order valence-corrected chi connectivity index (χ2v) is 3.63. The number of rotatable bonds is 5. The average Bonchev–Trinajstić information content (AvgIpc) is 2.26. The first-order valence-corrected chi connectivity index (χ1v) is 5.11. The van der Waals surface area contributed by atoms with Gasteiger partial charge in [0.25, 0.3) is 0 Å². The topological polar surface area (TPSA) is 62.2 Å². The highest BCUT2D eigenvalue weighted by molar-refractivity contribution is 5.85. The van der Waals surface area contributed by atoms with E-state index in [0.29, 0.717) is 18.7 Å². The van der Waals surface area contributed by atoms with E-state index in [1.807, 2.05) is 19.2 Å². The third kappa shape index (κ3) is 3.82. The van der Waals surface area contributed by atoms with Crippen LogP contribution in [0.3, 0.4) is 0 Å². The van der Waals surface area contributed by atoms with Gasteiger partial charge in [-0.1, -0.05) is 6.08 Å². The second-order valence-electron chi connectivity index (χ2n) is 3.63. The maximum Gasteiger partial charge on any atom is 0.330 e. The first kappa shape index (κ1) is 12.4. The summed E-state index contributed by atoms with van der Waals surface area (Å²) in [5.74, 6) is -0.876. The Morgan fingerprint density at radius 3 is 3.00 bits per heavy atom. The van der Waals surface area contributed by atoms with E-state index in [0.717, 1.165) is 5.56 Å². The summed E-state index contributed by atoms with van der Waals surface area (Å²) >= 11 is 0. The van der Waals surface area contributed by atoms with Gasteiger partial charge in [0.2, 0.25) is 0 Å². The van der Waals surface area contributed by atoms with E-state index in [1.165, 1.54) is 5.56 Å². The van der Waals surface area contributed by atoms with Crippen molar-refractivity contribution in [2.75, 3.05) is 6.54 Å². The molecular weight excluding hydrogens is 204 g/mol. The molecule has 0 fully saturated rings. The van der Waals surface area contributed by atoms with Gasteiger partial charge in [0.05, 0.1) is 0 Å². The number of carboxylic acid groups (broad SMARTS) is 1. The van der Waals surface area contributed by atoms with Crippen molar-refractivity contribution in [3.05, 3.63) is 41.2 Å². The van der Waals surface area contributed by atoms with E-state index in [9.17, 15) is 4.79 Å². The van der Waals surface area contributed by atoms with Crippen LogP contribution in [0.4, 0.5) is 0 Å². The van der Waals surface area contributed by atoms with E-state index in [4.69, 9.17) is 5.11 Å². The van der Waals surface area contributed by atoms with Gasteiger partial charge in [-0.15, -0.1) is 0 Å². The molecule has 0 spiro atoms. The fourth-order valence-corrected chi connectivity index (χ4v) is 1.20. The van der Waals surface area contributed by atoms with Crippen molar-refractivity contribution in [3.8, 4) is 0 Å². The molecule has 4 nitrogen and oxygen atoms in total. The van der Waals surface area contributed by atoms with Crippen molar-refractivity contribution in [3.63, 3.8) is 0 Å². The molecular formula is C12H16N2O2. The van der Waals surface area contributed by atoms with Crippen molar-refractivity contribution < 1.29 is 9.90 Å². The summed E-state index contributed by atoms with van der Waals surface area (Å²) in [6.45, 7) is 4.85. The third-order valence-electron chi connectivity index (χ3n) is 2.35. The molecule has 2 N–H and O–H groups in total. The maximum absolute atomic E-state index is 10.5. The molecule has 0 radical (unpaired) electrons. The van der Waals surface area contributed by atoms with Gasteiger partial charge < -0.3 is 10.4 Å². The number of nitrogens with zero attached hydrogens (tertiary/aromatic N) is 1. The lowest BCUT2D eigenvalue weighted by Gasteiger charge is -2.05. The zero-order chi connectivity index (χ0) is 12.0. The summed E-state index contributed by atoms with van der Waals surface area (Å²) in [6.07, 6.45) is 5.23. The van der Waals surface area contributed by atoms with E-state index in [1.54, 1.807) is 19.2 Å². The molecule has 86 valence electrons. The quantitative estimate of drug-likeness (QED) is 0.583. The van der Waals surface area contributed by atoms with Crippen LogP contribution < -0.4 is 5.32 Å². The number of carbonyl (C=O) groups is 1. The van der Waals surface area contributed by atoms with Crippen molar-refractivity contribution in [1.29, 1.82) is 0 Å². The molecule has 0 aliphatic carbocycles. The lowest BCUT2D eigenvalue weighted by Crippen LogP contribution is -2.15. The van der Waals surface area contributed by atoms with Crippen molar-refractivity contribution in [2.45, 2.75) is 20.4 Å². The minimum absolute atomic E-state index is 0.357. The standard InChI is InChI=1S/C12H16N2O2/c1-9-3-5-13-7-11(9)8-14-6-4-10(2)12(15)16/h3-5,7,14H,6,8H2,1-2H3,(H,15,16)/b10-4-. The van der Waals surface area contributed by atoms with Gasteiger partial charge in [-0.3, -0.25) is 4.98 Å². The Morgan fingerprint density at radius 2 is 2.38 bits per heavy atom. The van der Waals surface area contributed by atoms with E-state index >= 15 is 0 Å². The predicted octanol–water partition coefficient (Wildman–Crippen LogP) is 1.51. The van der Waals surface area contributed by atoms with Crippen molar-refractivity contribution >= 4 is 5.97 Å². The molecule has 4 heteroatoms. The summed E-state index contributed by atoms with van der Waals surface area (Å²) in [5.41, 5.74) is 2.67. The minimum atomic E-state index is -0.876. The number of aliphatic carboxylic acids is 1. The summed E-state index contributed by atoms with van der Waals surface area (Å²) in [7, 11) is 0. The summed E-state index contributed by atoms with van der Waals surface area (Å²) in [6, 6.07) is 1.95. The van der Waals surface area contributed by atoms with Crippen LogP contribution in [0.15, 0.2) is 30.1 Å². The third-order valence-corrected chi connectivity index (χ3v) is 2.35. The van der Waals surface area contributed by atoms with E-state index < -0.39 is 5.97 Å². The van der Waals surface area contributed by atoms with Crippen LogP contribution in [-0.2, 0) is 11.3 Å². The Balaban J connectivity index is 2.40. The van der Waals surface area contributed by atoms with Crippen LogP contribution in [0.2, 0.25) is 0 Å². The Labute approximate surface area is 95.0 Å². The molecule has 0 unspecified atom stereocenters. The highest BCUT2D eigenvalue weighted by Gasteiger charge is 1.99. The SMILES string of the molecule is C/C(=C/CNCc1cnccc1C)C(=O)O. The van der Waals surface area contributed by atoms with Gasteiger partial charge >= 0.3 is 5.97 Å². The maximum atomic E-state index is 10.5. The molecule has 0 aromatic carbocycles. The number of pyridine rings is 1.